The number of aryl methyl sites for hydroxylation is 1. The molecule has 5 heteroatoms. The summed E-state index contributed by atoms with van der Waals surface area (Å²) in [6, 6.07) is 8.25. The van der Waals surface area contributed by atoms with Gasteiger partial charge in [0, 0.05) is 18.3 Å². The van der Waals surface area contributed by atoms with Crippen LogP contribution in [0.3, 0.4) is 0 Å². The van der Waals surface area contributed by atoms with E-state index < -0.39 is 4.92 Å². The number of nitrogens with zero attached hydrogens (tertiary/aromatic N) is 3. The van der Waals surface area contributed by atoms with Crippen LogP contribution in [0.5, 0.6) is 0 Å². The minimum atomic E-state index is -0.412. The van der Waals surface area contributed by atoms with Crippen molar-refractivity contribution in [3.05, 3.63) is 52.3 Å². The van der Waals surface area contributed by atoms with E-state index in [1.165, 1.54) is 12.1 Å². The Balaban J connectivity index is 2.30. The molecule has 2 rings (SSSR count). The highest BCUT2D eigenvalue weighted by molar-refractivity contribution is 5.40. The third kappa shape index (κ3) is 1.93. The first kappa shape index (κ1) is 10.4. The first-order chi connectivity index (χ1) is 7.70. The quantitative estimate of drug-likeness (QED) is 0.585. The third-order valence-corrected chi connectivity index (χ3v) is 2.33. The van der Waals surface area contributed by atoms with E-state index in [1.54, 1.807) is 16.8 Å². The Labute approximate surface area is 92.5 Å². The number of hydrogen-bond acceptors (Lipinski definition) is 3. The minimum absolute atomic E-state index is 0.0895. The molecule has 5 nitrogen and oxygen atoms in total. The summed E-state index contributed by atoms with van der Waals surface area (Å²) >= 11 is 0. The fraction of sp³-hybridized carbons (Fsp3) is 0.182. The number of nitro benzene ring substituents is 1. The molecule has 0 saturated carbocycles. The highest BCUT2D eigenvalue weighted by Crippen LogP contribution is 2.14. The van der Waals surface area contributed by atoms with Gasteiger partial charge in [-0.1, -0.05) is 6.92 Å². The molecule has 0 saturated heterocycles. The zero-order valence-electron chi connectivity index (χ0n) is 8.83. The van der Waals surface area contributed by atoms with E-state index in [2.05, 4.69) is 5.10 Å². The van der Waals surface area contributed by atoms with Crippen LogP contribution in [0.15, 0.2) is 36.5 Å². The van der Waals surface area contributed by atoms with Crippen LogP contribution in [0, 0.1) is 10.1 Å². The molecular formula is C11H11N3O2. The minimum Gasteiger partial charge on any atom is -0.258 e. The van der Waals surface area contributed by atoms with Gasteiger partial charge in [0.15, 0.2) is 0 Å². The second-order valence-electron chi connectivity index (χ2n) is 3.38. The molecule has 0 aliphatic rings. The maximum Gasteiger partial charge on any atom is 0.269 e. The zero-order chi connectivity index (χ0) is 11.5. The monoisotopic (exact) mass is 217 g/mol. The number of rotatable bonds is 3. The molecule has 1 aromatic carbocycles. The predicted octanol–water partition coefficient (Wildman–Crippen LogP) is 2.34. The lowest BCUT2D eigenvalue weighted by Crippen LogP contribution is -1.96. The molecule has 82 valence electrons. The smallest absolute Gasteiger partial charge is 0.258 e. The molecule has 0 spiro atoms. The molecule has 2 aromatic rings. The Morgan fingerprint density at radius 1 is 1.31 bits per heavy atom. The number of hydrogen-bond donors (Lipinski definition) is 0. The largest absolute Gasteiger partial charge is 0.269 e. The summed E-state index contributed by atoms with van der Waals surface area (Å²) in [5.41, 5.74) is 1.91. The number of aromatic nitrogens is 2. The van der Waals surface area contributed by atoms with E-state index in [0.717, 1.165) is 17.8 Å². The van der Waals surface area contributed by atoms with Gasteiger partial charge in [-0.05, 0) is 24.6 Å². The highest BCUT2D eigenvalue weighted by atomic mass is 16.6. The van der Waals surface area contributed by atoms with Crippen LogP contribution in [0.25, 0.3) is 5.69 Å². The maximum atomic E-state index is 10.5. The Kier molecular flexibility index (Phi) is 2.68. The second-order valence-corrected chi connectivity index (χ2v) is 3.38. The Morgan fingerprint density at radius 2 is 2.00 bits per heavy atom. The summed E-state index contributed by atoms with van der Waals surface area (Å²) in [5.74, 6) is 0. The van der Waals surface area contributed by atoms with E-state index >= 15 is 0 Å². The number of nitro groups is 1. The van der Waals surface area contributed by atoms with Crippen LogP contribution in [-0.2, 0) is 6.42 Å². The summed E-state index contributed by atoms with van der Waals surface area (Å²) in [5, 5.41) is 14.8. The van der Waals surface area contributed by atoms with Crippen molar-refractivity contribution < 1.29 is 4.92 Å². The molecule has 0 fully saturated rings. The molecule has 0 N–H and O–H groups in total. The summed E-state index contributed by atoms with van der Waals surface area (Å²) in [4.78, 5) is 10.1. The third-order valence-electron chi connectivity index (χ3n) is 2.33. The van der Waals surface area contributed by atoms with Crippen LogP contribution in [0.1, 0.15) is 12.6 Å². The van der Waals surface area contributed by atoms with E-state index in [4.69, 9.17) is 0 Å². The number of benzene rings is 1. The van der Waals surface area contributed by atoms with Gasteiger partial charge in [-0.3, -0.25) is 10.1 Å². The molecule has 1 aromatic heterocycles. The molecule has 16 heavy (non-hydrogen) atoms. The number of non-ortho nitro benzene ring substituents is 1. The molecule has 0 radical (unpaired) electrons. The van der Waals surface area contributed by atoms with Crippen molar-refractivity contribution in [2.24, 2.45) is 0 Å². The molecule has 0 unspecified atom stereocenters. The van der Waals surface area contributed by atoms with E-state index in [-0.39, 0.29) is 5.69 Å². The second kappa shape index (κ2) is 4.14. The standard InChI is InChI=1S/C11H11N3O2/c1-2-9-7-8-13(12-9)10-3-5-11(6-4-10)14(15)16/h3-8H,2H2,1H3. The highest BCUT2D eigenvalue weighted by Gasteiger charge is 2.05. The van der Waals surface area contributed by atoms with Crippen LogP contribution < -0.4 is 0 Å². The normalized spacial score (nSPS) is 10.3. The van der Waals surface area contributed by atoms with Crippen molar-refractivity contribution >= 4 is 5.69 Å². The topological polar surface area (TPSA) is 61.0 Å². The summed E-state index contributed by atoms with van der Waals surface area (Å²) < 4.78 is 1.71. The van der Waals surface area contributed by atoms with Crippen molar-refractivity contribution in [3.8, 4) is 5.69 Å². The van der Waals surface area contributed by atoms with Gasteiger partial charge < -0.3 is 0 Å². The van der Waals surface area contributed by atoms with Crippen molar-refractivity contribution in [3.63, 3.8) is 0 Å². The molecule has 0 bridgehead atoms. The van der Waals surface area contributed by atoms with Crippen molar-refractivity contribution in [1.29, 1.82) is 0 Å². The van der Waals surface area contributed by atoms with Gasteiger partial charge in [-0.25, -0.2) is 4.68 Å². The average molecular weight is 217 g/mol. The van der Waals surface area contributed by atoms with Crippen LogP contribution in [-0.4, -0.2) is 14.7 Å². The van der Waals surface area contributed by atoms with Crippen molar-refractivity contribution in [2.45, 2.75) is 13.3 Å². The molecular weight excluding hydrogens is 206 g/mol. The van der Waals surface area contributed by atoms with Crippen LogP contribution in [0.2, 0.25) is 0 Å². The van der Waals surface area contributed by atoms with Crippen molar-refractivity contribution in [1.82, 2.24) is 9.78 Å². The van der Waals surface area contributed by atoms with E-state index in [0.29, 0.717) is 0 Å². The van der Waals surface area contributed by atoms with Crippen LogP contribution >= 0.6 is 0 Å². The molecule has 1 heterocycles. The molecule has 0 aliphatic carbocycles. The van der Waals surface area contributed by atoms with Gasteiger partial charge in [-0.15, -0.1) is 0 Å². The van der Waals surface area contributed by atoms with E-state index in [9.17, 15) is 10.1 Å². The lowest BCUT2D eigenvalue weighted by molar-refractivity contribution is -0.384. The van der Waals surface area contributed by atoms with Crippen molar-refractivity contribution in [2.75, 3.05) is 0 Å². The van der Waals surface area contributed by atoms with E-state index in [1.807, 2.05) is 19.2 Å². The Morgan fingerprint density at radius 3 is 2.50 bits per heavy atom. The fourth-order valence-corrected chi connectivity index (χ4v) is 1.42. The fourth-order valence-electron chi connectivity index (χ4n) is 1.42. The molecule has 0 amide bonds. The van der Waals surface area contributed by atoms with Gasteiger partial charge in [-0.2, -0.15) is 5.10 Å². The Hall–Kier alpha value is -2.17. The lowest BCUT2D eigenvalue weighted by Gasteiger charge is -2.00. The molecule has 0 atom stereocenters. The summed E-state index contributed by atoms with van der Waals surface area (Å²) in [7, 11) is 0. The van der Waals surface area contributed by atoms with Gasteiger partial charge in [0.25, 0.3) is 5.69 Å². The van der Waals surface area contributed by atoms with Crippen LogP contribution in [0.4, 0.5) is 5.69 Å². The Bertz CT molecular complexity index is 502. The van der Waals surface area contributed by atoms with Gasteiger partial charge >= 0.3 is 0 Å². The first-order valence-corrected chi connectivity index (χ1v) is 5.00. The van der Waals surface area contributed by atoms with Gasteiger partial charge in [0.2, 0.25) is 0 Å². The predicted molar refractivity (Wildman–Crippen MR) is 59.6 cm³/mol. The van der Waals surface area contributed by atoms with Gasteiger partial charge in [0.05, 0.1) is 16.3 Å². The molecule has 0 aliphatic heterocycles. The first-order valence-electron chi connectivity index (χ1n) is 5.00. The zero-order valence-corrected chi connectivity index (χ0v) is 8.83. The summed E-state index contributed by atoms with van der Waals surface area (Å²) in [6.07, 6.45) is 2.72. The lowest BCUT2D eigenvalue weighted by atomic mass is 10.3. The summed E-state index contributed by atoms with van der Waals surface area (Å²) in [6.45, 7) is 2.03. The SMILES string of the molecule is CCc1ccn(-c2ccc([N+](=O)[O-])cc2)n1. The average Bonchev–Trinajstić information content (AvgIpc) is 2.77. The van der Waals surface area contributed by atoms with Gasteiger partial charge in [0.1, 0.15) is 0 Å². The maximum absolute atomic E-state index is 10.5.